The molecular weight excluding hydrogens is 348 g/mol. The molecule has 0 fully saturated rings. The summed E-state index contributed by atoms with van der Waals surface area (Å²) in [4.78, 5) is 31.7. The summed E-state index contributed by atoms with van der Waals surface area (Å²) in [5.74, 6) is -0.928. The number of imidazole rings is 1. The van der Waals surface area contributed by atoms with Crippen LogP contribution in [-0.4, -0.2) is 66.2 Å². The summed E-state index contributed by atoms with van der Waals surface area (Å²) >= 11 is 0. The van der Waals surface area contributed by atoms with Gasteiger partial charge in [0.2, 0.25) is 5.95 Å². The highest BCUT2D eigenvalue weighted by Gasteiger charge is 2.14. The zero-order valence-electron chi connectivity index (χ0n) is 14.5. The molecule has 2 rings (SSSR count). The molecule has 146 valence electrons. The SMILES string of the molecule is CC(C)[C@H](N)C(=O)O.Nc1nc2c(ncn2COC(CO)CO)c(=O)[nH]1. The molecule has 12 heteroatoms. The molecule has 0 amide bonds. The van der Waals surface area contributed by atoms with Crippen LogP contribution in [0.1, 0.15) is 13.8 Å². The van der Waals surface area contributed by atoms with Crippen LogP contribution < -0.4 is 17.0 Å². The van der Waals surface area contributed by atoms with Crippen LogP contribution in [0.4, 0.5) is 5.95 Å². The van der Waals surface area contributed by atoms with Crippen LogP contribution in [-0.2, 0) is 16.3 Å². The molecule has 0 saturated carbocycles. The highest BCUT2D eigenvalue weighted by atomic mass is 16.5. The molecule has 0 aliphatic carbocycles. The minimum absolute atomic E-state index is 0.00181. The number of aromatic nitrogens is 4. The molecule has 2 heterocycles. The van der Waals surface area contributed by atoms with E-state index in [0.29, 0.717) is 0 Å². The maximum atomic E-state index is 11.5. The van der Waals surface area contributed by atoms with Crippen molar-refractivity contribution in [1.29, 1.82) is 0 Å². The molecular formula is C14H24N6O6. The largest absolute Gasteiger partial charge is 0.480 e. The lowest BCUT2D eigenvalue weighted by atomic mass is 10.1. The molecule has 1 atom stereocenters. The lowest BCUT2D eigenvalue weighted by molar-refractivity contribution is -0.139. The number of anilines is 1. The van der Waals surface area contributed by atoms with Crippen molar-refractivity contribution < 1.29 is 24.9 Å². The Balaban J connectivity index is 0.000000359. The monoisotopic (exact) mass is 372 g/mol. The van der Waals surface area contributed by atoms with Crippen LogP contribution >= 0.6 is 0 Å². The van der Waals surface area contributed by atoms with Crippen LogP contribution in [0.25, 0.3) is 11.2 Å². The highest BCUT2D eigenvalue weighted by Crippen LogP contribution is 2.07. The zero-order valence-corrected chi connectivity index (χ0v) is 14.5. The van der Waals surface area contributed by atoms with E-state index in [1.165, 1.54) is 10.9 Å². The molecule has 0 saturated heterocycles. The standard InChI is InChI=1S/C9H13N5O4.C5H11NO2/c10-9-12-7-6(8(17)13-9)11-3-14(7)4-18-5(1-15)2-16;1-3(2)4(6)5(7)8/h3,5,15-16H,1-2,4H2,(H3,10,12,13,17);3-4H,6H2,1-2H3,(H,7,8)/t;4-/m.0/s1. The molecule has 0 spiro atoms. The quantitative estimate of drug-likeness (QED) is 0.318. The summed E-state index contributed by atoms with van der Waals surface area (Å²) in [6.45, 7) is 2.94. The Morgan fingerprint density at radius 2 is 2.00 bits per heavy atom. The van der Waals surface area contributed by atoms with E-state index >= 15 is 0 Å². The van der Waals surface area contributed by atoms with Crippen molar-refractivity contribution in [2.24, 2.45) is 11.7 Å². The van der Waals surface area contributed by atoms with E-state index in [4.69, 9.17) is 31.5 Å². The van der Waals surface area contributed by atoms with Gasteiger partial charge in [-0.2, -0.15) is 4.98 Å². The summed E-state index contributed by atoms with van der Waals surface area (Å²) in [6, 6.07) is -0.713. The number of carbonyl (C=O) groups is 1. The van der Waals surface area contributed by atoms with E-state index in [0.717, 1.165) is 0 Å². The number of H-pyrrole nitrogens is 1. The van der Waals surface area contributed by atoms with Gasteiger partial charge in [0.05, 0.1) is 19.5 Å². The normalized spacial score (nSPS) is 12.3. The number of aliphatic hydroxyl groups is 2. The molecule has 0 aromatic carbocycles. The number of aliphatic carboxylic acids is 1. The number of nitrogen functional groups attached to an aromatic ring is 1. The second-order valence-corrected chi connectivity index (χ2v) is 5.73. The van der Waals surface area contributed by atoms with Gasteiger partial charge >= 0.3 is 5.97 Å². The molecule has 0 unspecified atom stereocenters. The summed E-state index contributed by atoms with van der Waals surface area (Å²) in [5.41, 5.74) is 10.6. The van der Waals surface area contributed by atoms with Gasteiger partial charge in [0.1, 0.15) is 18.9 Å². The number of carboxylic acids is 1. The molecule has 26 heavy (non-hydrogen) atoms. The van der Waals surface area contributed by atoms with Gasteiger partial charge in [0.15, 0.2) is 11.2 Å². The topological polar surface area (TPSA) is 203 Å². The van der Waals surface area contributed by atoms with Crippen LogP contribution in [0.15, 0.2) is 11.1 Å². The fourth-order valence-corrected chi connectivity index (χ4v) is 1.70. The fourth-order valence-electron chi connectivity index (χ4n) is 1.70. The van der Waals surface area contributed by atoms with E-state index in [2.05, 4.69) is 15.0 Å². The number of nitrogens with one attached hydrogen (secondary N) is 1. The van der Waals surface area contributed by atoms with Gasteiger partial charge in [-0.3, -0.25) is 19.1 Å². The fraction of sp³-hybridized carbons (Fsp3) is 0.571. The predicted octanol–water partition coefficient (Wildman–Crippen LogP) is -1.92. The van der Waals surface area contributed by atoms with E-state index < -0.39 is 23.7 Å². The minimum atomic E-state index is -0.931. The van der Waals surface area contributed by atoms with E-state index in [1.54, 1.807) is 13.8 Å². The predicted molar refractivity (Wildman–Crippen MR) is 92.1 cm³/mol. The number of aliphatic hydroxyl groups excluding tert-OH is 2. The van der Waals surface area contributed by atoms with Crippen LogP contribution in [0.3, 0.4) is 0 Å². The summed E-state index contributed by atoms with van der Waals surface area (Å²) in [7, 11) is 0. The average Bonchev–Trinajstić information content (AvgIpc) is 2.98. The second-order valence-electron chi connectivity index (χ2n) is 5.73. The maximum absolute atomic E-state index is 11.5. The Morgan fingerprint density at radius 3 is 2.46 bits per heavy atom. The number of nitrogens with zero attached hydrogens (tertiary/aromatic N) is 3. The van der Waals surface area contributed by atoms with Crippen LogP contribution in [0.2, 0.25) is 0 Å². The highest BCUT2D eigenvalue weighted by molar-refractivity contribution is 5.73. The van der Waals surface area contributed by atoms with Crippen molar-refractivity contribution in [2.75, 3.05) is 18.9 Å². The number of fused-ring (bicyclic) bond motifs is 1. The van der Waals surface area contributed by atoms with Gasteiger partial charge < -0.3 is 31.5 Å². The molecule has 0 aliphatic heterocycles. The first-order chi connectivity index (χ1) is 12.2. The van der Waals surface area contributed by atoms with Gasteiger partial charge in [-0.05, 0) is 5.92 Å². The van der Waals surface area contributed by atoms with Gasteiger partial charge in [-0.1, -0.05) is 13.8 Å². The average molecular weight is 372 g/mol. The van der Waals surface area contributed by atoms with Crippen LogP contribution in [0.5, 0.6) is 0 Å². The maximum Gasteiger partial charge on any atom is 0.320 e. The molecule has 0 radical (unpaired) electrons. The summed E-state index contributed by atoms with van der Waals surface area (Å²) in [5, 5.41) is 25.9. The number of nitrogens with two attached hydrogens (primary N) is 2. The Bertz CT molecular complexity index is 769. The van der Waals surface area contributed by atoms with Gasteiger partial charge in [-0.25, -0.2) is 4.98 Å². The molecule has 0 bridgehead atoms. The third-order valence-corrected chi connectivity index (χ3v) is 3.35. The van der Waals surface area contributed by atoms with Crippen LogP contribution in [0, 0.1) is 5.92 Å². The third-order valence-electron chi connectivity index (χ3n) is 3.35. The molecule has 12 nitrogen and oxygen atoms in total. The van der Waals surface area contributed by atoms with Crippen molar-refractivity contribution in [2.45, 2.75) is 32.7 Å². The Labute approximate surface area is 148 Å². The van der Waals surface area contributed by atoms with Crippen molar-refractivity contribution in [3.63, 3.8) is 0 Å². The summed E-state index contributed by atoms with van der Waals surface area (Å²) < 4.78 is 6.66. The van der Waals surface area contributed by atoms with Crippen molar-refractivity contribution in [3.8, 4) is 0 Å². The molecule has 0 aliphatic rings. The van der Waals surface area contributed by atoms with Gasteiger partial charge in [0, 0.05) is 0 Å². The number of hydrogen-bond acceptors (Lipinski definition) is 9. The van der Waals surface area contributed by atoms with E-state index in [-0.39, 0.29) is 43.0 Å². The number of aromatic amines is 1. The van der Waals surface area contributed by atoms with Gasteiger partial charge in [0.25, 0.3) is 5.56 Å². The first-order valence-electron chi connectivity index (χ1n) is 7.73. The first kappa shape index (κ1) is 21.5. The summed E-state index contributed by atoms with van der Waals surface area (Å²) in [6.07, 6.45) is 0.680. The zero-order chi connectivity index (χ0) is 19.9. The Hall–Kier alpha value is -2.54. The van der Waals surface area contributed by atoms with Gasteiger partial charge in [-0.15, -0.1) is 0 Å². The molecule has 2 aromatic rings. The number of hydrogen-bond donors (Lipinski definition) is 6. The first-order valence-corrected chi connectivity index (χ1v) is 7.73. The van der Waals surface area contributed by atoms with E-state index in [1.807, 2.05) is 0 Å². The van der Waals surface area contributed by atoms with E-state index in [9.17, 15) is 9.59 Å². The number of carboxylic acid groups (broad SMARTS) is 1. The second kappa shape index (κ2) is 9.82. The molecule has 8 N–H and O–H groups in total. The van der Waals surface area contributed by atoms with Crippen molar-refractivity contribution in [3.05, 3.63) is 16.7 Å². The molecule has 2 aromatic heterocycles. The Morgan fingerprint density at radius 1 is 1.38 bits per heavy atom. The smallest absolute Gasteiger partial charge is 0.320 e. The Kier molecular flexibility index (Phi) is 8.12. The lowest BCUT2D eigenvalue weighted by Crippen LogP contribution is -2.34. The van der Waals surface area contributed by atoms with Crippen molar-refractivity contribution in [1.82, 2.24) is 19.5 Å². The third kappa shape index (κ3) is 5.77. The minimum Gasteiger partial charge on any atom is -0.480 e. The lowest BCUT2D eigenvalue weighted by Gasteiger charge is -2.12. The number of ether oxygens (including phenoxy) is 1. The van der Waals surface area contributed by atoms with Crippen molar-refractivity contribution >= 4 is 23.1 Å². The number of rotatable bonds is 7.